The molecule has 0 radical (unpaired) electrons. The van der Waals surface area contributed by atoms with E-state index >= 15 is 0 Å². The van der Waals surface area contributed by atoms with Crippen molar-refractivity contribution in [3.8, 4) is 11.4 Å². The minimum atomic E-state index is -0.321. The third-order valence-electron chi connectivity index (χ3n) is 5.07. The van der Waals surface area contributed by atoms with Crippen LogP contribution in [0.4, 0.5) is 10.2 Å². The van der Waals surface area contributed by atoms with Gasteiger partial charge < -0.3 is 10.4 Å². The summed E-state index contributed by atoms with van der Waals surface area (Å²) < 4.78 is 14.8. The largest absolute Gasteiger partial charge is 0.508 e. The Bertz CT molecular complexity index is 1070. The minimum absolute atomic E-state index is 0.125. The zero-order valence-corrected chi connectivity index (χ0v) is 16.7. The molecule has 1 aromatic heterocycles. The number of nitrogens with zero attached hydrogens (tertiary/aromatic N) is 3. The van der Waals surface area contributed by atoms with Crippen molar-refractivity contribution in [1.29, 1.82) is 0 Å². The van der Waals surface area contributed by atoms with Gasteiger partial charge in [0.15, 0.2) is 0 Å². The van der Waals surface area contributed by atoms with Gasteiger partial charge in [0.1, 0.15) is 17.4 Å². The van der Waals surface area contributed by atoms with Crippen molar-refractivity contribution < 1.29 is 14.3 Å². The van der Waals surface area contributed by atoms with Crippen molar-refractivity contribution in [2.45, 2.75) is 13.3 Å². The number of aromatic nitrogens is 2. The number of hydrogen-bond acceptors (Lipinski definition) is 4. The lowest BCUT2D eigenvalue weighted by atomic mass is 9.99. The molecule has 2 aromatic carbocycles. The molecule has 4 rings (SSSR count). The van der Waals surface area contributed by atoms with E-state index in [1.807, 2.05) is 19.1 Å². The quantitative estimate of drug-likeness (QED) is 0.677. The second-order valence-electron chi connectivity index (χ2n) is 7.37. The zero-order chi connectivity index (χ0) is 21.1. The van der Waals surface area contributed by atoms with Gasteiger partial charge >= 0.3 is 0 Å². The van der Waals surface area contributed by atoms with E-state index in [4.69, 9.17) is 0 Å². The molecule has 0 fully saturated rings. The van der Waals surface area contributed by atoms with Crippen molar-refractivity contribution in [2.75, 3.05) is 25.0 Å². The molecule has 2 N–H and O–H groups in total. The monoisotopic (exact) mass is 406 g/mol. The van der Waals surface area contributed by atoms with Gasteiger partial charge in [-0.25, -0.2) is 9.07 Å². The SMILES string of the molecule is Cc1cc(NC(=O)CN2CC=C(c3ccc(O)cc3)CC2)n(-c2ccc(F)cc2)n1. The molecule has 1 aliphatic rings. The fourth-order valence-electron chi connectivity index (χ4n) is 3.55. The van der Waals surface area contributed by atoms with E-state index in [1.165, 1.54) is 17.7 Å². The van der Waals surface area contributed by atoms with E-state index in [2.05, 4.69) is 21.4 Å². The highest BCUT2D eigenvalue weighted by molar-refractivity contribution is 5.91. The molecule has 0 unspecified atom stereocenters. The highest BCUT2D eigenvalue weighted by Crippen LogP contribution is 2.24. The van der Waals surface area contributed by atoms with Crippen molar-refractivity contribution in [1.82, 2.24) is 14.7 Å². The van der Waals surface area contributed by atoms with E-state index < -0.39 is 0 Å². The lowest BCUT2D eigenvalue weighted by molar-refractivity contribution is -0.117. The van der Waals surface area contributed by atoms with Gasteiger partial charge in [-0.3, -0.25) is 9.69 Å². The number of hydrogen-bond donors (Lipinski definition) is 2. The summed E-state index contributed by atoms with van der Waals surface area (Å²) in [4.78, 5) is 14.7. The fourth-order valence-corrected chi connectivity index (χ4v) is 3.55. The molecule has 30 heavy (non-hydrogen) atoms. The first-order valence-electron chi connectivity index (χ1n) is 9.81. The van der Waals surface area contributed by atoms with Crippen LogP contribution < -0.4 is 5.32 Å². The van der Waals surface area contributed by atoms with Crippen molar-refractivity contribution >= 4 is 17.3 Å². The number of anilines is 1. The molecule has 7 heteroatoms. The number of carbonyl (C=O) groups is 1. The summed E-state index contributed by atoms with van der Waals surface area (Å²) in [6.07, 6.45) is 2.96. The second kappa shape index (κ2) is 8.51. The van der Waals surface area contributed by atoms with Gasteiger partial charge in [-0.1, -0.05) is 18.2 Å². The highest BCUT2D eigenvalue weighted by Gasteiger charge is 2.17. The molecule has 0 aliphatic carbocycles. The van der Waals surface area contributed by atoms with Gasteiger partial charge in [-0.15, -0.1) is 0 Å². The van der Waals surface area contributed by atoms with Gasteiger partial charge in [-0.05, 0) is 60.9 Å². The van der Waals surface area contributed by atoms with Gasteiger partial charge in [-0.2, -0.15) is 5.10 Å². The van der Waals surface area contributed by atoms with Crippen LogP contribution in [0.2, 0.25) is 0 Å². The summed E-state index contributed by atoms with van der Waals surface area (Å²) in [6.45, 7) is 3.57. The Hall–Kier alpha value is -3.45. The molecule has 3 aromatic rings. The lowest BCUT2D eigenvalue weighted by Crippen LogP contribution is -2.36. The predicted molar refractivity (Wildman–Crippen MR) is 114 cm³/mol. The minimum Gasteiger partial charge on any atom is -0.508 e. The number of carbonyl (C=O) groups excluding carboxylic acids is 1. The third kappa shape index (κ3) is 4.58. The molecule has 0 bridgehead atoms. The Balaban J connectivity index is 1.39. The predicted octanol–water partition coefficient (Wildman–Crippen LogP) is 3.75. The van der Waals surface area contributed by atoms with Crippen LogP contribution in [0.3, 0.4) is 0 Å². The van der Waals surface area contributed by atoms with Crippen LogP contribution in [0, 0.1) is 12.7 Å². The van der Waals surface area contributed by atoms with E-state index in [1.54, 1.807) is 35.0 Å². The maximum absolute atomic E-state index is 13.2. The molecule has 154 valence electrons. The fraction of sp³-hybridized carbons (Fsp3) is 0.217. The Morgan fingerprint density at radius 3 is 2.57 bits per heavy atom. The van der Waals surface area contributed by atoms with E-state index in [0.29, 0.717) is 18.1 Å². The molecule has 1 aliphatic heterocycles. The number of amides is 1. The van der Waals surface area contributed by atoms with Crippen LogP contribution >= 0.6 is 0 Å². The van der Waals surface area contributed by atoms with Crippen LogP contribution in [0.15, 0.2) is 60.7 Å². The van der Waals surface area contributed by atoms with Gasteiger partial charge in [0.2, 0.25) is 5.91 Å². The summed E-state index contributed by atoms with van der Waals surface area (Å²) in [6, 6.07) is 14.9. The van der Waals surface area contributed by atoms with E-state index in [9.17, 15) is 14.3 Å². The molecular weight excluding hydrogens is 383 g/mol. The first-order chi connectivity index (χ1) is 14.5. The Morgan fingerprint density at radius 2 is 1.90 bits per heavy atom. The molecule has 6 nitrogen and oxygen atoms in total. The maximum Gasteiger partial charge on any atom is 0.239 e. The number of phenolic OH excluding ortho intramolecular Hbond substituents is 1. The lowest BCUT2D eigenvalue weighted by Gasteiger charge is -2.26. The summed E-state index contributed by atoms with van der Waals surface area (Å²) >= 11 is 0. The van der Waals surface area contributed by atoms with E-state index in [0.717, 1.165) is 24.2 Å². The third-order valence-corrected chi connectivity index (χ3v) is 5.07. The van der Waals surface area contributed by atoms with Gasteiger partial charge in [0.05, 0.1) is 17.9 Å². The van der Waals surface area contributed by atoms with Crippen molar-refractivity contribution in [2.24, 2.45) is 0 Å². The maximum atomic E-state index is 13.2. The summed E-state index contributed by atoms with van der Waals surface area (Å²) in [7, 11) is 0. The molecule has 2 heterocycles. The number of benzene rings is 2. The molecular formula is C23H23FN4O2. The number of aromatic hydroxyl groups is 1. The molecule has 0 spiro atoms. The average Bonchev–Trinajstić information content (AvgIpc) is 3.09. The standard InChI is InChI=1S/C23H23FN4O2/c1-16-14-22(28(26-16)20-6-4-19(24)5-7-20)25-23(30)15-27-12-10-18(11-13-27)17-2-8-21(29)9-3-17/h2-10,14,29H,11-13,15H2,1H3,(H,25,30). The Labute approximate surface area is 174 Å². The van der Waals surface area contributed by atoms with Crippen LogP contribution in [0.5, 0.6) is 5.75 Å². The van der Waals surface area contributed by atoms with Crippen molar-refractivity contribution in [3.05, 3.63) is 77.7 Å². The number of rotatable bonds is 5. The number of phenols is 1. The number of halogens is 1. The Kier molecular flexibility index (Phi) is 5.63. The van der Waals surface area contributed by atoms with Crippen molar-refractivity contribution in [3.63, 3.8) is 0 Å². The highest BCUT2D eigenvalue weighted by atomic mass is 19.1. The second-order valence-corrected chi connectivity index (χ2v) is 7.37. The number of nitrogens with one attached hydrogen (secondary N) is 1. The topological polar surface area (TPSA) is 70.4 Å². The smallest absolute Gasteiger partial charge is 0.239 e. The normalized spacial score (nSPS) is 14.4. The molecule has 0 saturated carbocycles. The van der Waals surface area contributed by atoms with Gasteiger partial charge in [0, 0.05) is 19.2 Å². The summed E-state index contributed by atoms with van der Waals surface area (Å²) in [5, 5.41) is 16.7. The summed E-state index contributed by atoms with van der Waals surface area (Å²) in [5.74, 6) is 0.364. The van der Waals surface area contributed by atoms with Gasteiger partial charge in [0.25, 0.3) is 0 Å². The molecule has 0 atom stereocenters. The molecule has 0 saturated heterocycles. The molecule has 1 amide bonds. The van der Waals surface area contributed by atoms with Crippen LogP contribution in [0.1, 0.15) is 17.7 Å². The average molecular weight is 406 g/mol. The van der Waals surface area contributed by atoms with Crippen LogP contribution in [-0.4, -0.2) is 45.3 Å². The number of aryl methyl sites for hydroxylation is 1. The summed E-state index contributed by atoms with van der Waals surface area (Å²) in [5.41, 5.74) is 3.75. The first kappa shape index (κ1) is 19.8. The zero-order valence-electron chi connectivity index (χ0n) is 16.7. The van der Waals surface area contributed by atoms with Crippen LogP contribution in [-0.2, 0) is 4.79 Å². The van der Waals surface area contributed by atoms with Crippen LogP contribution in [0.25, 0.3) is 11.3 Å². The first-order valence-corrected chi connectivity index (χ1v) is 9.81. The Morgan fingerprint density at radius 1 is 1.17 bits per heavy atom. The van der Waals surface area contributed by atoms with E-state index in [-0.39, 0.29) is 24.0 Å².